The van der Waals surface area contributed by atoms with Gasteiger partial charge in [-0.2, -0.15) is 12.7 Å². The van der Waals surface area contributed by atoms with E-state index in [-0.39, 0.29) is 12.3 Å². The Morgan fingerprint density at radius 2 is 1.67 bits per heavy atom. The van der Waals surface area contributed by atoms with Gasteiger partial charge in [0.1, 0.15) is 0 Å². The Labute approximate surface area is 109 Å². The first kappa shape index (κ1) is 17.7. The van der Waals surface area contributed by atoms with Crippen LogP contribution in [-0.2, 0) is 20.2 Å². The lowest BCUT2D eigenvalue weighted by Gasteiger charge is -2.17. The second-order valence-electron chi connectivity index (χ2n) is 3.96. The fourth-order valence-electron chi connectivity index (χ4n) is 1.03. The van der Waals surface area contributed by atoms with Gasteiger partial charge in [-0.3, -0.25) is 0 Å². The maximum Gasteiger partial charge on any atom is 0.279 e. The Hall–Kier alpha value is -0.260. The number of sulfonamides is 1. The van der Waals surface area contributed by atoms with E-state index in [0.29, 0.717) is 19.5 Å². The van der Waals surface area contributed by atoms with E-state index in [0.717, 1.165) is 8.61 Å². The summed E-state index contributed by atoms with van der Waals surface area (Å²) in [5, 5.41) is 0. The molecule has 8 nitrogen and oxygen atoms in total. The molecule has 0 aromatic rings. The highest BCUT2D eigenvalue weighted by Gasteiger charge is 2.19. The third-order valence-electron chi connectivity index (χ3n) is 2.29. The lowest BCUT2D eigenvalue weighted by atomic mass is 10.4. The first-order valence-electron chi connectivity index (χ1n) is 5.44. The van der Waals surface area contributed by atoms with E-state index in [4.69, 9.17) is 5.73 Å². The molecule has 110 valence electrons. The van der Waals surface area contributed by atoms with Crippen molar-refractivity contribution in [3.63, 3.8) is 0 Å². The molecule has 0 saturated carbocycles. The van der Waals surface area contributed by atoms with E-state index < -0.39 is 20.2 Å². The second-order valence-corrected chi connectivity index (χ2v) is 8.13. The maximum absolute atomic E-state index is 11.7. The minimum Gasteiger partial charge on any atom is -0.330 e. The van der Waals surface area contributed by atoms with Crippen LogP contribution in [0.1, 0.15) is 6.42 Å². The van der Waals surface area contributed by atoms with Gasteiger partial charge in [-0.15, -0.1) is 0 Å². The Morgan fingerprint density at radius 1 is 1.11 bits per heavy atom. The summed E-state index contributed by atoms with van der Waals surface area (Å²) in [4.78, 5) is 0. The molecule has 3 N–H and O–H groups in total. The van der Waals surface area contributed by atoms with Gasteiger partial charge in [0, 0.05) is 34.2 Å². The molecule has 0 amide bonds. The highest BCUT2D eigenvalue weighted by Crippen LogP contribution is 1.97. The number of nitrogens with two attached hydrogens (primary N) is 1. The standard InChI is InChI=1S/C8H22N4O4S2/c1-11(2)17(13,14)8-6-10-18(15,16)12(3)7-4-5-9/h10H,4-9H2,1-3H3. The lowest BCUT2D eigenvalue weighted by Crippen LogP contribution is -2.42. The summed E-state index contributed by atoms with van der Waals surface area (Å²) >= 11 is 0. The summed E-state index contributed by atoms with van der Waals surface area (Å²) in [6.45, 7) is 0.539. The average molecular weight is 302 g/mol. The predicted octanol–water partition coefficient (Wildman–Crippen LogP) is -2.01. The number of nitrogens with one attached hydrogen (secondary N) is 1. The number of nitrogens with zero attached hydrogens (tertiary/aromatic N) is 2. The van der Waals surface area contributed by atoms with Crippen LogP contribution in [0.3, 0.4) is 0 Å². The van der Waals surface area contributed by atoms with Crippen LogP contribution in [0.4, 0.5) is 0 Å². The van der Waals surface area contributed by atoms with Gasteiger partial charge in [0.15, 0.2) is 0 Å². The van der Waals surface area contributed by atoms with Gasteiger partial charge in [-0.25, -0.2) is 17.4 Å². The van der Waals surface area contributed by atoms with Gasteiger partial charge >= 0.3 is 0 Å². The number of hydrogen-bond donors (Lipinski definition) is 2. The van der Waals surface area contributed by atoms with Gasteiger partial charge in [-0.05, 0) is 13.0 Å². The topological polar surface area (TPSA) is 113 Å². The fraction of sp³-hybridized carbons (Fsp3) is 1.00. The Morgan fingerprint density at radius 3 is 2.11 bits per heavy atom. The van der Waals surface area contributed by atoms with Crippen LogP contribution in [0.15, 0.2) is 0 Å². The Kier molecular flexibility index (Phi) is 7.25. The molecule has 0 atom stereocenters. The molecule has 0 unspecified atom stereocenters. The summed E-state index contributed by atoms with van der Waals surface area (Å²) in [5.41, 5.74) is 5.28. The molecule has 10 heteroatoms. The maximum atomic E-state index is 11.7. The van der Waals surface area contributed by atoms with Crippen molar-refractivity contribution in [1.82, 2.24) is 13.3 Å². The largest absolute Gasteiger partial charge is 0.330 e. The minimum absolute atomic E-state index is 0.157. The third kappa shape index (κ3) is 6.07. The minimum atomic E-state index is -3.64. The Bertz CT molecular complexity index is 432. The molecule has 0 aliphatic heterocycles. The van der Waals surface area contributed by atoms with E-state index in [1.54, 1.807) is 0 Å². The third-order valence-corrected chi connectivity index (χ3v) is 5.69. The van der Waals surface area contributed by atoms with Crippen molar-refractivity contribution in [3.05, 3.63) is 0 Å². The molecule has 0 heterocycles. The van der Waals surface area contributed by atoms with Crippen LogP contribution in [0.25, 0.3) is 0 Å². The Balaban J connectivity index is 4.29. The number of rotatable bonds is 9. The molecule has 0 aliphatic rings. The molecule has 0 rings (SSSR count). The van der Waals surface area contributed by atoms with Crippen LogP contribution in [0, 0.1) is 0 Å². The first-order valence-corrected chi connectivity index (χ1v) is 8.49. The first-order chi connectivity index (χ1) is 8.13. The summed E-state index contributed by atoms with van der Waals surface area (Å²) in [5.74, 6) is -0.274. The molecule has 0 aromatic heterocycles. The predicted molar refractivity (Wildman–Crippen MR) is 70.7 cm³/mol. The van der Waals surface area contributed by atoms with E-state index in [1.807, 2.05) is 0 Å². The normalized spacial score (nSPS) is 13.4. The molecule has 0 spiro atoms. The molecular weight excluding hydrogens is 280 g/mol. The second kappa shape index (κ2) is 7.36. The summed E-state index contributed by atoms with van der Waals surface area (Å²) in [6.07, 6.45) is 0.549. The van der Waals surface area contributed by atoms with Gasteiger partial charge in [0.2, 0.25) is 10.0 Å². The molecule has 0 aliphatic carbocycles. The van der Waals surface area contributed by atoms with Gasteiger partial charge in [0.25, 0.3) is 10.2 Å². The molecule has 0 fully saturated rings. The van der Waals surface area contributed by atoms with Crippen molar-refractivity contribution < 1.29 is 16.8 Å². The van der Waals surface area contributed by atoms with Crippen molar-refractivity contribution in [1.29, 1.82) is 0 Å². The summed E-state index contributed by atoms with van der Waals surface area (Å²) in [7, 11) is -2.82. The van der Waals surface area contributed by atoms with Crippen molar-refractivity contribution in [2.75, 3.05) is 46.5 Å². The van der Waals surface area contributed by atoms with E-state index in [1.165, 1.54) is 21.1 Å². The van der Waals surface area contributed by atoms with E-state index in [9.17, 15) is 16.8 Å². The van der Waals surface area contributed by atoms with Crippen molar-refractivity contribution >= 4 is 20.2 Å². The molecular formula is C8H22N4O4S2. The summed E-state index contributed by atoms with van der Waals surface area (Å²) in [6, 6.07) is 0. The lowest BCUT2D eigenvalue weighted by molar-refractivity contribution is 0.454. The monoisotopic (exact) mass is 302 g/mol. The SMILES string of the molecule is CN(C)S(=O)(=O)CCNS(=O)(=O)N(C)CCCN. The zero-order valence-corrected chi connectivity index (χ0v) is 12.6. The fourth-order valence-corrected chi connectivity index (χ4v) is 2.83. The van der Waals surface area contributed by atoms with Crippen molar-refractivity contribution in [3.8, 4) is 0 Å². The quantitative estimate of drug-likeness (QED) is 0.511. The van der Waals surface area contributed by atoms with Gasteiger partial charge in [0.05, 0.1) is 5.75 Å². The molecule has 0 aromatic carbocycles. The van der Waals surface area contributed by atoms with Gasteiger partial charge in [-0.1, -0.05) is 0 Å². The summed E-state index contributed by atoms with van der Waals surface area (Å²) < 4.78 is 50.6. The molecule has 0 saturated heterocycles. The highest BCUT2D eigenvalue weighted by molar-refractivity contribution is 7.89. The van der Waals surface area contributed by atoms with Crippen LogP contribution in [0.2, 0.25) is 0 Å². The highest BCUT2D eigenvalue weighted by atomic mass is 32.2. The van der Waals surface area contributed by atoms with E-state index >= 15 is 0 Å². The molecule has 0 bridgehead atoms. The zero-order chi connectivity index (χ0) is 14.4. The number of hydrogen-bond acceptors (Lipinski definition) is 5. The van der Waals surface area contributed by atoms with Crippen LogP contribution in [0.5, 0.6) is 0 Å². The van der Waals surface area contributed by atoms with Crippen LogP contribution in [-0.4, -0.2) is 72.0 Å². The van der Waals surface area contributed by atoms with Crippen molar-refractivity contribution in [2.24, 2.45) is 5.73 Å². The molecule has 18 heavy (non-hydrogen) atoms. The van der Waals surface area contributed by atoms with Crippen LogP contribution >= 0.6 is 0 Å². The zero-order valence-electron chi connectivity index (χ0n) is 11.0. The van der Waals surface area contributed by atoms with E-state index in [2.05, 4.69) is 4.72 Å². The smallest absolute Gasteiger partial charge is 0.279 e. The molecule has 0 radical (unpaired) electrons. The average Bonchev–Trinajstić information content (AvgIpc) is 2.24. The van der Waals surface area contributed by atoms with Gasteiger partial charge < -0.3 is 5.73 Å². The van der Waals surface area contributed by atoms with Crippen LogP contribution < -0.4 is 10.5 Å². The van der Waals surface area contributed by atoms with Crippen molar-refractivity contribution in [2.45, 2.75) is 6.42 Å².